The standard InChI is InChI=1S/C21H20N2O2/c1-22-19-6-4-3-5-15(19)13-20(22)21-14-17(24)11-12-23(21)16-7-9-18(25-2)10-8-16/h3-13,21H,14H2,1-2H3. The Bertz CT molecular complexity index is 954. The van der Waals surface area contributed by atoms with E-state index >= 15 is 0 Å². The highest BCUT2D eigenvalue weighted by Crippen LogP contribution is 2.36. The molecule has 3 aromatic rings. The molecular formula is C21H20N2O2. The molecule has 4 heteroatoms. The summed E-state index contributed by atoms with van der Waals surface area (Å²) in [5.41, 5.74) is 3.35. The molecule has 25 heavy (non-hydrogen) atoms. The van der Waals surface area contributed by atoms with E-state index in [9.17, 15) is 4.79 Å². The fraction of sp³-hybridized carbons (Fsp3) is 0.190. The van der Waals surface area contributed by atoms with E-state index in [-0.39, 0.29) is 11.8 Å². The Kier molecular flexibility index (Phi) is 3.80. The number of benzene rings is 2. The maximum Gasteiger partial charge on any atom is 0.159 e. The maximum absolute atomic E-state index is 12.1. The van der Waals surface area contributed by atoms with Crippen LogP contribution in [0.2, 0.25) is 0 Å². The van der Waals surface area contributed by atoms with Crippen molar-refractivity contribution in [3.63, 3.8) is 0 Å². The number of ketones is 1. The molecule has 4 nitrogen and oxygen atoms in total. The number of carbonyl (C=O) groups is 1. The first kappa shape index (κ1) is 15.5. The summed E-state index contributed by atoms with van der Waals surface area (Å²) in [6.07, 6.45) is 4.01. The minimum atomic E-state index is -0.0247. The van der Waals surface area contributed by atoms with Crippen molar-refractivity contribution in [1.82, 2.24) is 4.57 Å². The zero-order chi connectivity index (χ0) is 17.4. The van der Waals surface area contributed by atoms with Crippen LogP contribution in [-0.2, 0) is 11.8 Å². The Balaban J connectivity index is 1.80. The van der Waals surface area contributed by atoms with Crippen molar-refractivity contribution in [2.24, 2.45) is 7.05 Å². The van der Waals surface area contributed by atoms with Crippen LogP contribution in [0.15, 0.2) is 66.9 Å². The molecule has 0 saturated carbocycles. The number of nitrogens with zero attached hydrogens (tertiary/aromatic N) is 2. The zero-order valence-electron chi connectivity index (χ0n) is 14.3. The van der Waals surface area contributed by atoms with Crippen LogP contribution in [0, 0.1) is 0 Å². The van der Waals surface area contributed by atoms with E-state index in [1.54, 1.807) is 13.2 Å². The molecule has 1 unspecified atom stereocenters. The van der Waals surface area contributed by atoms with Crippen LogP contribution in [-0.4, -0.2) is 17.5 Å². The number of aryl methyl sites for hydroxylation is 1. The normalized spacial score (nSPS) is 17.3. The highest BCUT2D eigenvalue weighted by atomic mass is 16.5. The van der Waals surface area contributed by atoms with Gasteiger partial charge in [-0.05, 0) is 47.9 Å². The molecule has 0 aliphatic carbocycles. The molecule has 0 bridgehead atoms. The van der Waals surface area contributed by atoms with Crippen molar-refractivity contribution < 1.29 is 9.53 Å². The predicted octanol–water partition coefficient (Wildman–Crippen LogP) is 4.22. The van der Waals surface area contributed by atoms with Crippen LogP contribution in [0.25, 0.3) is 10.9 Å². The van der Waals surface area contributed by atoms with Crippen molar-refractivity contribution in [2.45, 2.75) is 12.5 Å². The molecule has 1 aliphatic heterocycles. The fourth-order valence-electron chi connectivity index (χ4n) is 3.52. The van der Waals surface area contributed by atoms with Gasteiger partial charge in [-0.25, -0.2) is 0 Å². The number of hydrogen-bond donors (Lipinski definition) is 0. The molecule has 0 fully saturated rings. The van der Waals surface area contributed by atoms with Crippen LogP contribution < -0.4 is 9.64 Å². The van der Waals surface area contributed by atoms with Gasteiger partial charge in [-0.2, -0.15) is 0 Å². The number of methoxy groups -OCH3 is 1. The molecule has 1 aromatic heterocycles. The van der Waals surface area contributed by atoms with Crippen molar-refractivity contribution in [2.75, 3.05) is 12.0 Å². The van der Waals surface area contributed by atoms with E-state index in [0.29, 0.717) is 6.42 Å². The van der Waals surface area contributed by atoms with E-state index in [4.69, 9.17) is 4.74 Å². The number of fused-ring (bicyclic) bond motifs is 1. The quantitative estimate of drug-likeness (QED) is 0.720. The third-order valence-electron chi connectivity index (χ3n) is 4.85. The van der Waals surface area contributed by atoms with E-state index in [1.807, 2.05) is 42.6 Å². The van der Waals surface area contributed by atoms with Crippen LogP contribution in [0.5, 0.6) is 5.75 Å². The summed E-state index contributed by atoms with van der Waals surface area (Å²) in [6.45, 7) is 0. The number of allylic oxidation sites excluding steroid dienone is 1. The molecular weight excluding hydrogens is 312 g/mol. The molecule has 1 atom stereocenters. The van der Waals surface area contributed by atoms with Crippen molar-refractivity contribution in [3.8, 4) is 5.75 Å². The van der Waals surface area contributed by atoms with Gasteiger partial charge in [0.05, 0.1) is 13.2 Å². The summed E-state index contributed by atoms with van der Waals surface area (Å²) in [6, 6.07) is 18.4. The van der Waals surface area contributed by atoms with E-state index < -0.39 is 0 Å². The second-order valence-corrected chi connectivity index (χ2v) is 6.29. The lowest BCUT2D eigenvalue weighted by atomic mass is 10.0. The Morgan fingerprint density at radius 3 is 2.56 bits per heavy atom. The van der Waals surface area contributed by atoms with Crippen LogP contribution in [0.3, 0.4) is 0 Å². The van der Waals surface area contributed by atoms with Crippen molar-refractivity contribution in [3.05, 3.63) is 72.6 Å². The van der Waals surface area contributed by atoms with Gasteiger partial charge < -0.3 is 14.2 Å². The van der Waals surface area contributed by atoms with Crippen LogP contribution in [0.1, 0.15) is 18.2 Å². The third kappa shape index (κ3) is 2.70. The Morgan fingerprint density at radius 2 is 1.84 bits per heavy atom. The summed E-state index contributed by atoms with van der Waals surface area (Å²) < 4.78 is 7.43. The second kappa shape index (κ2) is 6.13. The van der Waals surface area contributed by atoms with Crippen LogP contribution >= 0.6 is 0 Å². The third-order valence-corrected chi connectivity index (χ3v) is 4.85. The number of anilines is 1. The average Bonchev–Trinajstić information content (AvgIpc) is 2.99. The summed E-state index contributed by atoms with van der Waals surface area (Å²) in [5.74, 6) is 0.974. The molecule has 4 rings (SSSR count). The molecule has 0 radical (unpaired) electrons. The number of rotatable bonds is 3. The molecule has 2 aromatic carbocycles. The predicted molar refractivity (Wildman–Crippen MR) is 99.9 cm³/mol. The highest BCUT2D eigenvalue weighted by Gasteiger charge is 2.28. The Labute approximate surface area is 146 Å². The lowest BCUT2D eigenvalue weighted by Gasteiger charge is -2.33. The van der Waals surface area contributed by atoms with E-state index in [1.165, 1.54) is 10.9 Å². The number of ether oxygens (including phenoxy) is 1. The largest absolute Gasteiger partial charge is 0.497 e. The minimum Gasteiger partial charge on any atom is -0.497 e. The van der Waals surface area contributed by atoms with Crippen LogP contribution in [0.4, 0.5) is 5.69 Å². The highest BCUT2D eigenvalue weighted by molar-refractivity contribution is 5.93. The molecule has 1 aliphatic rings. The number of hydrogen-bond acceptors (Lipinski definition) is 3. The first-order valence-electron chi connectivity index (χ1n) is 8.35. The van der Waals surface area contributed by atoms with Crippen molar-refractivity contribution >= 4 is 22.4 Å². The van der Waals surface area contributed by atoms with Crippen molar-refractivity contribution in [1.29, 1.82) is 0 Å². The van der Waals surface area contributed by atoms with Gasteiger partial charge in [-0.3, -0.25) is 4.79 Å². The van der Waals surface area contributed by atoms with E-state index in [2.05, 4.69) is 34.7 Å². The molecule has 0 amide bonds. The van der Waals surface area contributed by atoms with Gasteiger partial charge in [0.25, 0.3) is 0 Å². The zero-order valence-corrected chi connectivity index (χ0v) is 14.3. The van der Waals surface area contributed by atoms with Gasteiger partial charge in [0.1, 0.15) is 5.75 Å². The average molecular weight is 332 g/mol. The van der Waals surface area contributed by atoms with Gasteiger partial charge in [-0.1, -0.05) is 18.2 Å². The summed E-state index contributed by atoms with van der Waals surface area (Å²) in [5, 5.41) is 1.19. The Morgan fingerprint density at radius 1 is 1.08 bits per heavy atom. The second-order valence-electron chi connectivity index (χ2n) is 6.29. The molecule has 2 heterocycles. The topological polar surface area (TPSA) is 34.5 Å². The van der Waals surface area contributed by atoms with Gasteiger partial charge in [0.2, 0.25) is 0 Å². The minimum absolute atomic E-state index is 0.0247. The summed E-state index contributed by atoms with van der Waals surface area (Å²) >= 11 is 0. The van der Waals surface area contributed by atoms with Gasteiger partial charge >= 0.3 is 0 Å². The number of para-hydroxylation sites is 1. The smallest absolute Gasteiger partial charge is 0.159 e. The Hall–Kier alpha value is -3.01. The molecule has 126 valence electrons. The summed E-state index contributed by atoms with van der Waals surface area (Å²) in [4.78, 5) is 14.3. The summed E-state index contributed by atoms with van der Waals surface area (Å²) in [7, 11) is 3.72. The number of carbonyl (C=O) groups excluding carboxylic acids is 1. The lowest BCUT2D eigenvalue weighted by molar-refractivity contribution is -0.115. The SMILES string of the molecule is COc1ccc(N2C=CC(=O)CC2c2cc3ccccc3n2C)cc1. The lowest BCUT2D eigenvalue weighted by Crippen LogP contribution is -2.30. The first-order chi connectivity index (χ1) is 12.2. The molecule has 0 saturated heterocycles. The van der Waals surface area contributed by atoms with Gasteiger partial charge in [-0.15, -0.1) is 0 Å². The number of aromatic nitrogens is 1. The monoisotopic (exact) mass is 332 g/mol. The fourth-order valence-corrected chi connectivity index (χ4v) is 3.52. The molecule has 0 spiro atoms. The van der Waals surface area contributed by atoms with E-state index in [0.717, 1.165) is 17.1 Å². The van der Waals surface area contributed by atoms with Gasteiger partial charge in [0.15, 0.2) is 5.78 Å². The molecule has 0 N–H and O–H groups in total. The van der Waals surface area contributed by atoms with Gasteiger partial charge in [0, 0.05) is 36.6 Å². The first-order valence-corrected chi connectivity index (χ1v) is 8.35. The maximum atomic E-state index is 12.1.